The first-order valence-corrected chi connectivity index (χ1v) is 4.26. The molecule has 0 atom stereocenters. The minimum absolute atomic E-state index is 0.489. The van der Waals surface area contributed by atoms with E-state index in [1.807, 2.05) is 19.9 Å². The lowest BCUT2D eigenvalue weighted by Crippen LogP contribution is -2.12. The summed E-state index contributed by atoms with van der Waals surface area (Å²) in [5.41, 5.74) is 9.01. The van der Waals surface area contributed by atoms with Crippen molar-refractivity contribution in [2.24, 2.45) is 0 Å². The van der Waals surface area contributed by atoms with Crippen molar-refractivity contribution in [3.8, 4) is 0 Å². The van der Waals surface area contributed by atoms with E-state index in [0.29, 0.717) is 11.4 Å². The molecule has 0 spiro atoms. The smallest absolute Gasteiger partial charge is 0.411 e. The van der Waals surface area contributed by atoms with Crippen LogP contribution in [0.4, 0.5) is 16.2 Å². The average Bonchev–Trinajstić information content (AvgIpc) is 2.14. The van der Waals surface area contributed by atoms with Crippen LogP contribution < -0.4 is 11.1 Å². The zero-order chi connectivity index (χ0) is 10.7. The van der Waals surface area contributed by atoms with E-state index in [2.05, 4.69) is 10.1 Å². The maximum absolute atomic E-state index is 11.0. The molecule has 1 aromatic carbocycles. The van der Waals surface area contributed by atoms with Crippen LogP contribution in [0.2, 0.25) is 0 Å². The number of rotatable bonds is 1. The van der Waals surface area contributed by atoms with Crippen molar-refractivity contribution in [2.45, 2.75) is 13.8 Å². The molecule has 76 valence electrons. The summed E-state index contributed by atoms with van der Waals surface area (Å²) in [7, 11) is 1.32. The summed E-state index contributed by atoms with van der Waals surface area (Å²) in [6.45, 7) is 3.82. The van der Waals surface area contributed by atoms with Crippen molar-refractivity contribution in [1.29, 1.82) is 0 Å². The molecule has 0 unspecified atom stereocenters. The second-order valence-electron chi connectivity index (χ2n) is 3.14. The molecule has 0 aliphatic heterocycles. The van der Waals surface area contributed by atoms with Gasteiger partial charge in [-0.05, 0) is 31.0 Å². The second kappa shape index (κ2) is 4.00. The van der Waals surface area contributed by atoms with Gasteiger partial charge in [-0.15, -0.1) is 0 Å². The Hall–Kier alpha value is -1.71. The summed E-state index contributed by atoms with van der Waals surface area (Å²) in [4.78, 5) is 11.0. The molecule has 0 radical (unpaired) electrons. The highest BCUT2D eigenvalue weighted by Crippen LogP contribution is 2.22. The van der Waals surface area contributed by atoms with E-state index in [4.69, 9.17) is 5.73 Å². The van der Waals surface area contributed by atoms with Crippen molar-refractivity contribution in [3.05, 3.63) is 23.3 Å². The lowest BCUT2D eigenvalue weighted by atomic mass is 10.1. The summed E-state index contributed by atoms with van der Waals surface area (Å²) >= 11 is 0. The van der Waals surface area contributed by atoms with E-state index in [-0.39, 0.29) is 0 Å². The molecule has 1 aromatic rings. The number of nitrogens with one attached hydrogen (secondary N) is 1. The van der Waals surface area contributed by atoms with Crippen LogP contribution in [0.25, 0.3) is 0 Å². The molecule has 0 fully saturated rings. The van der Waals surface area contributed by atoms with Crippen molar-refractivity contribution in [3.63, 3.8) is 0 Å². The van der Waals surface area contributed by atoms with Gasteiger partial charge in [0.25, 0.3) is 0 Å². The van der Waals surface area contributed by atoms with Gasteiger partial charge in [-0.3, -0.25) is 5.32 Å². The largest absolute Gasteiger partial charge is 0.453 e. The van der Waals surface area contributed by atoms with E-state index in [1.165, 1.54) is 7.11 Å². The normalized spacial score (nSPS) is 9.64. The maximum atomic E-state index is 11.0. The van der Waals surface area contributed by atoms with Gasteiger partial charge in [-0.25, -0.2) is 4.79 Å². The summed E-state index contributed by atoms with van der Waals surface area (Å²) in [6.07, 6.45) is -0.489. The van der Waals surface area contributed by atoms with Crippen LogP contribution in [0.3, 0.4) is 0 Å². The van der Waals surface area contributed by atoms with Crippen molar-refractivity contribution in [1.82, 2.24) is 0 Å². The minimum Gasteiger partial charge on any atom is -0.453 e. The highest BCUT2D eigenvalue weighted by molar-refractivity contribution is 5.86. The maximum Gasteiger partial charge on any atom is 0.411 e. The number of nitrogen functional groups attached to an aromatic ring is 1. The Bertz CT molecular complexity index is 361. The Morgan fingerprint density at radius 2 is 2.00 bits per heavy atom. The van der Waals surface area contributed by atoms with Gasteiger partial charge in [-0.2, -0.15) is 0 Å². The number of anilines is 2. The molecule has 0 saturated heterocycles. The van der Waals surface area contributed by atoms with Gasteiger partial charge < -0.3 is 10.5 Å². The zero-order valence-electron chi connectivity index (χ0n) is 8.55. The number of carbonyl (C=O) groups is 1. The first kappa shape index (κ1) is 10.4. The third-order valence-electron chi connectivity index (χ3n) is 2.04. The van der Waals surface area contributed by atoms with Gasteiger partial charge in [0.05, 0.1) is 7.11 Å². The molecule has 1 rings (SSSR count). The monoisotopic (exact) mass is 194 g/mol. The molecule has 0 aliphatic carbocycles. The van der Waals surface area contributed by atoms with E-state index in [0.717, 1.165) is 11.1 Å². The number of methoxy groups -OCH3 is 1. The molecule has 14 heavy (non-hydrogen) atoms. The molecule has 0 aliphatic rings. The Balaban J connectivity index is 2.98. The molecule has 3 N–H and O–H groups in total. The van der Waals surface area contributed by atoms with Crippen LogP contribution in [-0.2, 0) is 4.74 Å². The third kappa shape index (κ3) is 2.16. The van der Waals surface area contributed by atoms with Gasteiger partial charge >= 0.3 is 6.09 Å². The Morgan fingerprint density at radius 1 is 1.36 bits per heavy atom. The second-order valence-corrected chi connectivity index (χ2v) is 3.14. The first-order valence-electron chi connectivity index (χ1n) is 4.26. The molecule has 0 saturated carbocycles. The molecular weight excluding hydrogens is 180 g/mol. The van der Waals surface area contributed by atoms with Gasteiger partial charge in [0, 0.05) is 11.4 Å². The van der Waals surface area contributed by atoms with Crippen LogP contribution in [0, 0.1) is 13.8 Å². The molecule has 4 heteroatoms. The van der Waals surface area contributed by atoms with E-state index < -0.39 is 6.09 Å². The Labute approximate surface area is 83.1 Å². The number of aryl methyl sites for hydroxylation is 2. The first-order chi connectivity index (χ1) is 6.54. The minimum atomic E-state index is -0.489. The molecule has 0 aromatic heterocycles. The van der Waals surface area contributed by atoms with Crippen LogP contribution in [0.5, 0.6) is 0 Å². The van der Waals surface area contributed by atoms with Crippen LogP contribution in [0.1, 0.15) is 11.1 Å². The number of hydrogen-bond acceptors (Lipinski definition) is 3. The highest BCUT2D eigenvalue weighted by atomic mass is 16.5. The molecular formula is C10H14N2O2. The molecule has 0 bridgehead atoms. The topological polar surface area (TPSA) is 64.3 Å². The van der Waals surface area contributed by atoms with Crippen LogP contribution in [0.15, 0.2) is 12.1 Å². The van der Waals surface area contributed by atoms with Crippen molar-refractivity contribution < 1.29 is 9.53 Å². The fourth-order valence-electron chi connectivity index (χ4n) is 1.16. The summed E-state index contributed by atoms with van der Waals surface area (Å²) in [5.74, 6) is 0. The van der Waals surface area contributed by atoms with Gasteiger partial charge in [-0.1, -0.05) is 6.07 Å². The van der Waals surface area contributed by atoms with Gasteiger partial charge in [0.1, 0.15) is 0 Å². The number of hydrogen-bond donors (Lipinski definition) is 2. The third-order valence-corrected chi connectivity index (χ3v) is 2.04. The number of ether oxygens (including phenoxy) is 1. The standard InChI is InChI=1S/C10H14N2O2/c1-6-4-7(2)9(5-8(6)11)12-10(13)14-3/h4-5H,11H2,1-3H3,(H,12,13). The average molecular weight is 194 g/mol. The lowest BCUT2D eigenvalue weighted by Gasteiger charge is -2.09. The quantitative estimate of drug-likeness (QED) is 0.672. The van der Waals surface area contributed by atoms with Gasteiger partial charge in [0.2, 0.25) is 0 Å². The van der Waals surface area contributed by atoms with Crippen molar-refractivity contribution >= 4 is 17.5 Å². The predicted molar refractivity (Wildman–Crippen MR) is 56.4 cm³/mol. The fourth-order valence-corrected chi connectivity index (χ4v) is 1.16. The number of nitrogens with two attached hydrogens (primary N) is 1. The van der Waals surface area contributed by atoms with E-state index >= 15 is 0 Å². The number of carbonyl (C=O) groups excluding carboxylic acids is 1. The summed E-state index contributed by atoms with van der Waals surface area (Å²) in [5, 5.41) is 2.59. The molecule has 1 amide bonds. The summed E-state index contributed by atoms with van der Waals surface area (Å²) in [6, 6.07) is 3.64. The van der Waals surface area contributed by atoms with E-state index in [9.17, 15) is 4.79 Å². The zero-order valence-corrected chi connectivity index (χ0v) is 8.55. The highest BCUT2D eigenvalue weighted by Gasteiger charge is 2.05. The Morgan fingerprint density at radius 3 is 2.57 bits per heavy atom. The summed E-state index contributed by atoms with van der Waals surface area (Å²) < 4.78 is 4.49. The fraction of sp³-hybridized carbons (Fsp3) is 0.300. The van der Waals surface area contributed by atoms with Crippen LogP contribution in [-0.4, -0.2) is 13.2 Å². The lowest BCUT2D eigenvalue weighted by molar-refractivity contribution is 0.187. The number of benzene rings is 1. The predicted octanol–water partition coefficient (Wildman–Crippen LogP) is 2.06. The molecule has 4 nitrogen and oxygen atoms in total. The van der Waals surface area contributed by atoms with E-state index in [1.54, 1.807) is 6.07 Å². The Kier molecular flexibility index (Phi) is 2.96. The van der Waals surface area contributed by atoms with Crippen LogP contribution >= 0.6 is 0 Å². The number of amides is 1. The molecule has 0 heterocycles. The van der Waals surface area contributed by atoms with Gasteiger partial charge in [0.15, 0.2) is 0 Å². The SMILES string of the molecule is COC(=O)Nc1cc(N)c(C)cc1C. The van der Waals surface area contributed by atoms with Crippen molar-refractivity contribution in [2.75, 3.05) is 18.2 Å².